The number of fused-ring (bicyclic) bond motifs is 1. The lowest BCUT2D eigenvalue weighted by atomic mass is 9.94. The highest BCUT2D eigenvalue weighted by atomic mass is 16.5. The number of ether oxygens (including phenoxy) is 1. The maximum absolute atomic E-state index is 11.5. The molecule has 0 amide bonds. The molecule has 1 aliphatic heterocycles. The summed E-state index contributed by atoms with van der Waals surface area (Å²) in [6.07, 6.45) is 3.77. The molecule has 3 nitrogen and oxygen atoms in total. The number of nitrogens with one attached hydrogen (secondary N) is 1. The van der Waals surface area contributed by atoms with Crippen LogP contribution in [0.5, 0.6) is 0 Å². The highest BCUT2D eigenvalue weighted by Crippen LogP contribution is 2.37. The van der Waals surface area contributed by atoms with Gasteiger partial charge in [-0.2, -0.15) is 0 Å². The molecule has 1 saturated carbocycles. The lowest BCUT2D eigenvalue weighted by Crippen LogP contribution is -2.37. The van der Waals surface area contributed by atoms with Crippen molar-refractivity contribution in [3.8, 4) is 0 Å². The van der Waals surface area contributed by atoms with E-state index >= 15 is 0 Å². The summed E-state index contributed by atoms with van der Waals surface area (Å²) in [6, 6.07) is -0.00699. The van der Waals surface area contributed by atoms with Crippen molar-refractivity contribution in [2.75, 3.05) is 13.2 Å². The van der Waals surface area contributed by atoms with E-state index in [0.717, 1.165) is 12.5 Å². The van der Waals surface area contributed by atoms with Crippen LogP contribution in [0.25, 0.3) is 0 Å². The van der Waals surface area contributed by atoms with Crippen LogP contribution in [0.1, 0.15) is 26.2 Å². The Bertz CT molecular complexity index is 205. The van der Waals surface area contributed by atoms with E-state index in [0.29, 0.717) is 12.5 Å². The van der Waals surface area contributed by atoms with E-state index in [1.807, 2.05) is 6.92 Å². The Morgan fingerprint density at radius 3 is 3.15 bits per heavy atom. The smallest absolute Gasteiger partial charge is 0.323 e. The van der Waals surface area contributed by atoms with Crippen molar-refractivity contribution >= 4 is 5.97 Å². The molecule has 0 radical (unpaired) electrons. The fourth-order valence-corrected chi connectivity index (χ4v) is 2.68. The SMILES string of the molecule is CCOC(=O)[C@H]1NC[C@@H]2CCC[C@@H]21. The van der Waals surface area contributed by atoms with Crippen LogP contribution in [0.3, 0.4) is 0 Å². The van der Waals surface area contributed by atoms with Crippen LogP contribution in [0.15, 0.2) is 0 Å². The van der Waals surface area contributed by atoms with Gasteiger partial charge in [0.2, 0.25) is 0 Å². The number of esters is 1. The molecule has 0 bridgehead atoms. The molecule has 1 N–H and O–H groups in total. The van der Waals surface area contributed by atoms with Crippen molar-refractivity contribution in [2.24, 2.45) is 11.8 Å². The first-order chi connectivity index (χ1) is 6.33. The Morgan fingerprint density at radius 1 is 1.54 bits per heavy atom. The fraction of sp³-hybridized carbons (Fsp3) is 0.900. The summed E-state index contributed by atoms with van der Waals surface area (Å²) in [7, 11) is 0. The van der Waals surface area contributed by atoms with Gasteiger partial charge in [-0.25, -0.2) is 0 Å². The molecule has 2 rings (SSSR count). The molecule has 0 aromatic rings. The maximum Gasteiger partial charge on any atom is 0.323 e. The van der Waals surface area contributed by atoms with Gasteiger partial charge in [-0.3, -0.25) is 4.79 Å². The largest absolute Gasteiger partial charge is 0.465 e. The van der Waals surface area contributed by atoms with Crippen molar-refractivity contribution in [3.63, 3.8) is 0 Å². The van der Waals surface area contributed by atoms with Crippen LogP contribution in [-0.4, -0.2) is 25.2 Å². The number of hydrogen-bond donors (Lipinski definition) is 1. The van der Waals surface area contributed by atoms with E-state index in [4.69, 9.17) is 4.74 Å². The molecule has 3 heteroatoms. The lowest BCUT2D eigenvalue weighted by molar-refractivity contribution is -0.146. The van der Waals surface area contributed by atoms with Gasteiger partial charge in [-0.15, -0.1) is 0 Å². The second-order valence-electron chi connectivity index (χ2n) is 3.99. The highest BCUT2D eigenvalue weighted by molar-refractivity contribution is 5.76. The van der Waals surface area contributed by atoms with Gasteiger partial charge in [0.25, 0.3) is 0 Å². The third-order valence-corrected chi connectivity index (χ3v) is 3.29. The summed E-state index contributed by atoms with van der Waals surface area (Å²) in [5, 5.41) is 3.27. The van der Waals surface area contributed by atoms with Gasteiger partial charge in [0, 0.05) is 0 Å². The van der Waals surface area contributed by atoms with E-state index < -0.39 is 0 Å². The van der Waals surface area contributed by atoms with Crippen molar-refractivity contribution in [3.05, 3.63) is 0 Å². The molecule has 2 fully saturated rings. The molecular formula is C10H17NO2. The van der Waals surface area contributed by atoms with Crippen LogP contribution >= 0.6 is 0 Å². The Kier molecular flexibility index (Phi) is 2.54. The number of rotatable bonds is 2. The van der Waals surface area contributed by atoms with Crippen LogP contribution in [0.2, 0.25) is 0 Å². The van der Waals surface area contributed by atoms with Crippen molar-refractivity contribution in [1.29, 1.82) is 0 Å². The first-order valence-corrected chi connectivity index (χ1v) is 5.23. The number of carbonyl (C=O) groups excluding carboxylic acids is 1. The van der Waals surface area contributed by atoms with Crippen LogP contribution < -0.4 is 5.32 Å². The zero-order chi connectivity index (χ0) is 9.26. The normalized spacial score (nSPS) is 37.5. The predicted octanol–water partition coefficient (Wildman–Crippen LogP) is 0.938. The predicted molar refractivity (Wildman–Crippen MR) is 49.3 cm³/mol. The van der Waals surface area contributed by atoms with Gasteiger partial charge in [-0.05, 0) is 38.1 Å². The van der Waals surface area contributed by atoms with Gasteiger partial charge >= 0.3 is 5.97 Å². The highest BCUT2D eigenvalue weighted by Gasteiger charge is 2.42. The minimum Gasteiger partial charge on any atom is -0.465 e. The van der Waals surface area contributed by atoms with E-state index in [1.165, 1.54) is 19.3 Å². The Balaban J connectivity index is 1.96. The van der Waals surface area contributed by atoms with Gasteiger partial charge in [0.05, 0.1) is 6.61 Å². The zero-order valence-corrected chi connectivity index (χ0v) is 8.08. The molecule has 3 atom stereocenters. The van der Waals surface area contributed by atoms with Crippen LogP contribution in [0, 0.1) is 11.8 Å². The molecule has 2 aliphatic rings. The van der Waals surface area contributed by atoms with Gasteiger partial charge < -0.3 is 10.1 Å². The molecule has 0 spiro atoms. The average molecular weight is 183 g/mol. The monoisotopic (exact) mass is 183 g/mol. The Hall–Kier alpha value is -0.570. The Morgan fingerprint density at radius 2 is 2.38 bits per heavy atom. The minimum atomic E-state index is -0.0445. The van der Waals surface area contributed by atoms with Crippen molar-refractivity contribution < 1.29 is 9.53 Å². The minimum absolute atomic E-state index is 0.00699. The zero-order valence-electron chi connectivity index (χ0n) is 8.08. The third-order valence-electron chi connectivity index (χ3n) is 3.29. The van der Waals surface area contributed by atoms with E-state index in [1.54, 1.807) is 0 Å². The molecule has 0 aromatic heterocycles. The topological polar surface area (TPSA) is 38.3 Å². The van der Waals surface area contributed by atoms with Gasteiger partial charge in [0.15, 0.2) is 0 Å². The lowest BCUT2D eigenvalue weighted by Gasteiger charge is -2.15. The first-order valence-electron chi connectivity index (χ1n) is 5.23. The van der Waals surface area contributed by atoms with Crippen molar-refractivity contribution in [1.82, 2.24) is 5.32 Å². The second kappa shape index (κ2) is 3.66. The number of hydrogen-bond acceptors (Lipinski definition) is 3. The molecular weight excluding hydrogens is 166 g/mol. The standard InChI is InChI=1S/C10H17NO2/c1-2-13-10(12)9-8-5-3-4-7(8)6-11-9/h7-9,11H,2-6H2,1H3/t7-,8-,9-/m0/s1. The summed E-state index contributed by atoms with van der Waals surface area (Å²) >= 11 is 0. The molecule has 0 aromatic carbocycles. The molecule has 1 saturated heterocycles. The Labute approximate surface area is 78.8 Å². The number of carbonyl (C=O) groups is 1. The third kappa shape index (κ3) is 1.57. The summed E-state index contributed by atoms with van der Waals surface area (Å²) < 4.78 is 5.03. The summed E-state index contributed by atoms with van der Waals surface area (Å²) in [5.74, 6) is 1.24. The first kappa shape index (κ1) is 9.00. The second-order valence-corrected chi connectivity index (χ2v) is 3.99. The molecule has 1 aliphatic carbocycles. The van der Waals surface area contributed by atoms with Gasteiger partial charge in [-0.1, -0.05) is 6.42 Å². The maximum atomic E-state index is 11.5. The summed E-state index contributed by atoms with van der Waals surface area (Å²) in [5.41, 5.74) is 0. The van der Waals surface area contributed by atoms with Crippen LogP contribution in [0.4, 0.5) is 0 Å². The molecule has 13 heavy (non-hydrogen) atoms. The molecule has 74 valence electrons. The average Bonchev–Trinajstić information content (AvgIpc) is 2.62. The van der Waals surface area contributed by atoms with Crippen molar-refractivity contribution in [2.45, 2.75) is 32.2 Å². The van der Waals surface area contributed by atoms with E-state index in [9.17, 15) is 4.79 Å². The molecule has 0 unspecified atom stereocenters. The van der Waals surface area contributed by atoms with E-state index in [-0.39, 0.29) is 12.0 Å². The summed E-state index contributed by atoms with van der Waals surface area (Å²) in [4.78, 5) is 11.5. The van der Waals surface area contributed by atoms with Crippen LogP contribution in [-0.2, 0) is 9.53 Å². The van der Waals surface area contributed by atoms with E-state index in [2.05, 4.69) is 5.32 Å². The quantitative estimate of drug-likeness (QED) is 0.647. The molecule has 1 heterocycles. The fourth-order valence-electron chi connectivity index (χ4n) is 2.68. The van der Waals surface area contributed by atoms with Gasteiger partial charge in [0.1, 0.15) is 6.04 Å². The summed E-state index contributed by atoms with van der Waals surface area (Å²) in [6.45, 7) is 3.36.